The van der Waals surface area contributed by atoms with Crippen molar-refractivity contribution < 1.29 is 17.9 Å². The van der Waals surface area contributed by atoms with E-state index >= 15 is 0 Å². The van der Waals surface area contributed by atoms with Crippen LogP contribution in [0.2, 0.25) is 0 Å². The van der Waals surface area contributed by atoms with Crippen LogP contribution >= 0.6 is 0 Å². The van der Waals surface area contributed by atoms with E-state index in [9.17, 15) is 13.2 Å². The summed E-state index contributed by atoms with van der Waals surface area (Å²) in [6.45, 7) is 4.93. The summed E-state index contributed by atoms with van der Waals surface area (Å²) in [5, 5.41) is 0. The van der Waals surface area contributed by atoms with Crippen LogP contribution < -0.4 is 5.73 Å². The van der Waals surface area contributed by atoms with E-state index in [0.717, 1.165) is 4.31 Å². The number of benzene rings is 1. The quantitative estimate of drug-likeness (QED) is 0.649. The van der Waals surface area contributed by atoms with Gasteiger partial charge in [0.05, 0.1) is 12.3 Å². The van der Waals surface area contributed by atoms with Gasteiger partial charge in [-0.1, -0.05) is 12.1 Å². The van der Waals surface area contributed by atoms with E-state index in [-0.39, 0.29) is 23.7 Å². The fourth-order valence-corrected chi connectivity index (χ4v) is 3.28. The molecule has 0 heterocycles. The van der Waals surface area contributed by atoms with Crippen molar-refractivity contribution in [2.75, 3.05) is 25.9 Å². The number of aryl methyl sites for hydroxylation is 2. The predicted molar refractivity (Wildman–Crippen MR) is 76.8 cm³/mol. The molecule has 20 heavy (non-hydrogen) atoms. The Morgan fingerprint density at radius 2 is 1.85 bits per heavy atom. The highest BCUT2D eigenvalue weighted by atomic mass is 32.2. The Morgan fingerprint density at radius 3 is 2.40 bits per heavy atom. The second kappa shape index (κ2) is 6.23. The van der Waals surface area contributed by atoms with Gasteiger partial charge in [0.25, 0.3) is 0 Å². The zero-order valence-corrected chi connectivity index (χ0v) is 13.0. The first-order chi connectivity index (χ1) is 9.21. The van der Waals surface area contributed by atoms with E-state index in [4.69, 9.17) is 10.5 Å². The Morgan fingerprint density at radius 1 is 1.30 bits per heavy atom. The van der Waals surface area contributed by atoms with E-state index in [1.165, 1.54) is 7.05 Å². The third-order valence-electron chi connectivity index (χ3n) is 2.94. The molecule has 6 nitrogen and oxygen atoms in total. The van der Waals surface area contributed by atoms with Crippen molar-refractivity contribution in [3.05, 3.63) is 23.3 Å². The molecule has 0 fully saturated rings. The topological polar surface area (TPSA) is 89.7 Å². The molecule has 0 amide bonds. The minimum atomic E-state index is -3.83. The molecule has 1 rings (SSSR count). The average molecular weight is 300 g/mol. The van der Waals surface area contributed by atoms with E-state index in [0.29, 0.717) is 11.1 Å². The Kier molecular flexibility index (Phi) is 5.13. The van der Waals surface area contributed by atoms with Crippen LogP contribution in [-0.2, 0) is 19.6 Å². The number of likely N-dealkylation sites (N-methyl/N-ethyl adjacent to an activating group) is 1. The van der Waals surface area contributed by atoms with Crippen molar-refractivity contribution in [2.24, 2.45) is 0 Å². The first-order valence-corrected chi connectivity index (χ1v) is 7.63. The summed E-state index contributed by atoms with van der Waals surface area (Å²) in [5.74, 6) is -0.595. The zero-order valence-electron chi connectivity index (χ0n) is 12.1. The fraction of sp³-hybridized carbons (Fsp3) is 0.462. The summed E-state index contributed by atoms with van der Waals surface area (Å²) in [4.78, 5) is 11.5. The van der Waals surface area contributed by atoms with E-state index in [2.05, 4.69) is 0 Å². The molecular weight excluding hydrogens is 280 g/mol. The number of hydrogen-bond donors (Lipinski definition) is 1. The Labute approximate surface area is 119 Å². The normalized spacial score (nSPS) is 11.7. The lowest BCUT2D eigenvalue weighted by Gasteiger charge is -2.19. The van der Waals surface area contributed by atoms with Crippen molar-refractivity contribution in [3.63, 3.8) is 0 Å². The van der Waals surface area contributed by atoms with Gasteiger partial charge in [-0.25, -0.2) is 8.42 Å². The maximum absolute atomic E-state index is 12.5. The van der Waals surface area contributed by atoms with Gasteiger partial charge in [-0.3, -0.25) is 4.79 Å². The fourth-order valence-electron chi connectivity index (χ4n) is 1.78. The zero-order chi connectivity index (χ0) is 15.5. The number of nitrogens with two attached hydrogens (primary N) is 1. The monoisotopic (exact) mass is 300 g/mol. The summed E-state index contributed by atoms with van der Waals surface area (Å²) >= 11 is 0. The highest BCUT2D eigenvalue weighted by Gasteiger charge is 2.27. The van der Waals surface area contributed by atoms with Gasteiger partial charge in [0.15, 0.2) is 0 Å². The maximum Gasteiger partial charge on any atom is 0.321 e. The number of anilines is 1. The van der Waals surface area contributed by atoms with Gasteiger partial charge in [-0.2, -0.15) is 4.31 Å². The smallest absolute Gasteiger partial charge is 0.321 e. The Balaban J connectivity index is 3.17. The van der Waals surface area contributed by atoms with Crippen molar-refractivity contribution >= 4 is 21.7 Å². The minimum absolute atomic E-state index is 0.0456. The van der Waals surface area contributed by atoms with Gasteiger partial charge in [0, 0.05) is 7.05 Å². The number of esters is 1. The lowest BCUT2D eigenvalue weighted by atomic mass is 10.1. The first-order valence-electron chi connectivity index (χ1n) is 6.19. The van der Waals surface area contributed by atoms with Crippen molar-refractivity contribution in [3.8, 4) is 0 Å². The van der Waals surface area contributed by atoms with E-state index in [1.807, 2.05) is 0 Å². The number of sulfonamides is 1. The average Bonchev–Trinajstić information content (AvgIpc) is 2.34. The molecule has 0 unspecified atom stereocenters. The molecule has 0 radical (unpaired) electrons. The molecule has 112 valence electrons. The number of nitrogens with zero attached hydrogens (tertiary/aromatic N) is 1. The van der Waals surface area contributed by atoms with Crippen molar-refractivity contribution in [1.82, 2.24) is 4.31 Å². The second-order valence-electron chi connectivity index (χ2n) is 4.51. The number of rotatable bonds is 5. The SMILES string of the molecule is CCOC(=O)CN(C)S(=O)(=O)c1c(C)ccc(C)c1N. The summed E-state index contributed by atoms with van der Waals surface area (Å²) in [5.41, 5.74) is 7.31. The van der Waals surface area contributed by atoms with E-state index in [1.54, 1.807) is 32.9 Å². The Hall–Kier alpha value is -1.60. The standard InChI is InChI=1S/C13H20N2O4S/c1-5-19-11(16)8-15(4)20(17,18)13-10(3)7-6-9(2)12(13)14/h6-7H,5,8,14H2,1-4H3. The molecule has 1 aromatic carbocycles. The van der Waals surface area contributed by atoms with Gasteiger partial charge < -0.3 is 10.5 Å². The molecular formula is C13H20N2O4S. The first kappa shape index (κ1) is 16.5. The summed E-state index contributed by atoms with van der Waals surface area (Å²) in [6.07, 6.45) is 0. The highest BCUT2D eigenvalue weighted by molar-refractivity contribution is 7.89. The van der Waals surface area contributed by atoms with Gasteiger partial charge >= 0.3 is 5.97 Å². The minimum Gasteiger partial charge on any atom is -0.465 e. The van der Waals surface area contributed by atoms with Crippen LogP contribution in [0.25, 0.3) is 0 Å². The molecule has 0 saturated heterocycles. The predicted octanol–water partition coefficient (Wildman–Crippen LogP) is 1.07. The van der Waals surface area contributed by atoms with Crippen LogP contribution in [0.5, 0.6) is 0 Å². The van der Waals surface area contributed by atoms with Crippen molar-refractivity contribution in [1.29, 1.82) is 0 Å². The van der Waals surface area contributed by atoms with Crippen LogP contribution in [-0.4, -0.2) is 38.9 Å². The van der Waals surface area contributed by atoms with Gasteiger partial charge in [-0.05, 0) is 31.9 Å². The van der Waals surface area contributed by atoms with E-state index < -0.39 is 16.0 Å². The van der Waals surface area contributed by atoms with Crippen LogP contribution in [0.4, 0.5) is 5.69 Å². The van der Waals surface area contributed by atoms with Gasteiger partial charge in [-0.15, -0.1) is 0 Å². The molecule has 1 aromatic rings. The molecule has 0 aliphatic rings. The lowest BCUT2D eigenvalue weighted by Crippen LogP contribution is -2.34. The molecule has 0 bridgehead atoms. The third-order valence-corrected chi connectivity index (χ3v) is 4.94. The summed E-state index contributed by atoms with van der Waals surface area (Å²) in [7, 11) is -2.50. The highest BCUT2D eigenvalue weighted by Crippen LogP contribution is 2.28. The van der Waals surface area contributed by atoms with Crippen LogP contribution in [0.15, 0.2) is 17.0 Å². The molecule has 0 atom stereocenters. The lowest BCUT2D eigenvalue weighted by molar-refractivity contribution is -0.143. The largest absolute Gasteiger partial charge is 0.465 e. The molecule has 0 saturated carbocycles. The van der Waals surface area contributed by atoms with Crippen molar-refractivity contribution in [2.45, 2.75) is 25.7 Å². The van der Waals surface area contributed by atoms with Gasteiger partial charge in [0.2, 0.25) is 10.0 Å². The molecule has 0 aromatic heterocycles. The molecule has 2 N–H and O–H groups in total. The van der Waals surface area contributed by atoms with Gasteiger partial charge in [0.1, 0.15) is 11.4 Å². The summed E-state index contributed by atoms with van der Waals surface area (Å²) in [6, 6.07) is 3.45. The molecule has 0 aliphatic carbocycles. The number of ether oxygens (including phenoxy) is 1. The summed E-state index contributed by atoms with van der Waals surface area (Å²) < 4.78 is 30.7. The second-order valence-corrected chi connectivity index (χ2v) is 6.49. The number of carbonyl (C=O) groups excluding carboxylic acids is 1. The number of carbonyl (C=O) groups is 1. The Bertz CT molecular complexity index is 611. The molecule has 7 heteroatoms. The van der Waals surface area contributed by atoms with Crippen LogP contribution in [0.1, 0.15) is 18.1 Å². The molecule has 0 spiro atoms. The van der Waals surface area contributed by atoms with Crippen LogP contribution in [0, 0.1) is 13.8 Å². The number of nitrogen functional groups attached to an aromatic ring is 1. The maximum atomic E-state index is 12.5. The number of hydrogen-bond acceptors (Lipinski definition) is 5. The third kappa shape index (κ3) is 3.29. The molecule has 0 aliphatic heterocycles. The van der Waals surface area contributed by atoms with Crippen LogP contribution in [0.3, 0.4) is 0 Å².